The van der Waals surface area contributed by atoms with Crippen molar-refractivity contribution in [2.45, 2.75) is 58.8 Å². The molecule has 1 aromatic carbocycles. The van der Waals surface area contributed by atoms with Crippen LogP contribution in [0.2, 0.25) is 0 Å². The summed E-state index contributed by atoms with van der Waals surface area (Å²) < 4.78 is 37.7. The van der Waals surface area contributed by atoms with Crippen LogP contribution in [0.4, 0.5) is 0 Å². The van der Waals surface area contributed by atoms with E-state index >= 15 is 0 Å². The standard InChI is InChI=1S/C32H40N2O12/c1-6-14-41-17-25(35)43-18-44-28-24(40-5)12-13-33-26(28)29(36)34-23-16-42-31(38)22(15-21-10-8-7-9-11-21)27(20(4)45-32(23)39)46-30(37)19(2)3/h7-13,19-20,22-23,27H,6,14-18H2,1-5H3,(H,34,36). The average molecular weight is 645 g/mol. The number of benzene rings is 1. The summed E-state index contributed by atoms with van der Waals surface area (Å²) in [5, 5.41) is 2.46. The largest absolute Gasteiger partial charge is 0.493 e. The quantitative estimate of drug-likeness (QED) is 0.138. The Morgan fingerprint density at radius 1 is 1.09 bits per heavy atom. The molecule has 1 aromatic heterocycles. The summed E-state index contributed by atoms with van der Waals surface area (Å²) in [4.78, 5) is 68.7. The maximum Gasteiger partial charge on any atom is 0.334 e. The molecule has 2 aromatic rings. The zero-order valence-electron chi connectivity index (χ0n) is 26.5. The van der Waals surface area contributed by atoms with Crippen molar-refractivity contribution in [3.8, 4) is 11.5 Å². The Bertz CT molecular complexity index is 1350. The highest BCUT2D eigenvalue weighted by Gasteiger charge is 2.42. The number of carbonyl (C=O) groups excluding carboxylic acids is 5. The van der Waals surface area contributed by atoms with E-state index in [0.717, 1.165) is 12.0 Å². The lowest BCUT2D eigenvalue weighted by Crippen LogP contribution is -2.47. The molecular weight excluding hydrogens is 604 g/mol. The van der Waals surface area contributed by atoms with Gasteiger partial charge in [0.1, 0.15) is 25.2 Å². The van der Waals surface area contributed by atoms with E-state index in [9.17, 15) is 24.0 Å². The van der Waals surface area contributed by atoms with Gasteiger partial charge in [-0.3, -0.25) is 14.4 Å². The summed E-state index contributed by atoms with van der Waals surface area (Å²) in [5.41, 5.74) is 0.462. The maximum atomic E-state index is 13.4. The van der Waals surface area contributed by atoms with Crippen LogP contribution in [0.25, 0.3) is 0 Å². The minimum atomic E-state index is -1.47. The Labute approximate surface area is 267 Å². The molecule has 2 heterocycles. The van der Waals surface area contributed by atoms with E-state index in [1.807, 2.05) is 25.1 Å². The number of cyclic esters (lactones) is 2. The predicted molar refractivity (Wildman–Crippen MR) is 160 cm³/mol. The number of amides is 1. The van der Waals surface area contributed by atoms with Crippen LogP contribution in [0.5, 0.6) is 11.5 Å². The highest BCUT2D eigenvalue weighted by molar-refractivity contribution is 5.98. The van der Waals surface area contributed by atoms with Crippen molar-refractivity contribution in [3.63, 3.8) is 0 Å². The molecule has 1 N–H and O–H groups in total. The first-order valence-electron chi connectivity index (χ1n) is 14.9. The summed E-state index contributed by atoms with van der Waals surface area (Å²) in [6.07, 6.45) is -0.119. The molecule has 0 aliphatic carbocycles. The molecule has 250 valence electrons. The number of hydrogen-bond acceptors (Lipinski definition) is 13. The van der Waals surface area contributed by atoms with E-state index in [4.69, 9.17) is 33.2 Å². The number of carbonyl (C=O) groups is 5. The van der Waals surface area contributed by atoms with Crippen LogP contribution in [0.1, 0.15) is 50.2 Å². The highest BCUT2D eigenvalue weighted by atomic mass is 16.7. The molecule has 4 atom stereocenters. The van der Waals surface area contributed by atoms with Gasteiger partial charge in [0.05, 0.1) is 13.0 Å². The summed E-state index contributed by atoms with van der Waals surface area (Å²) in [5.74, 6) is -5.47. The number of ether oxygens (including phenoxy) is 7. The van der Waals surface area contributed by atoms with E-state index in [0.29, 0.717) is 6.61 Å². The molecule has 0 radical (unpaired) electrons. The van der Waals surface area contributed by atoms with E-state index in [1.165, 1.54) is 26.3 Å². The lowest BCUT2D eigenvalue weighted by Gasteiger charge is -2.29. The van der Waals surface area contributed by atoms with Gasteiger partial charge in [0.2, 0.25) is 6.79 Å². The first-order chi connectivity index (χ1) is 22.0. The van der Waals surface area contributed by atoms with Crippen molar-refractivity contribution < 1.29 is 57.1 Å². The molecule has 0 spiro atoms. The minimum Gasteiger partial charge on any atom is -0.493 e. The Morgan fingerprint density at radius 2 is 1.83 bits per heavy atom. The smallest absolute Gasteiger partial charge is 0.334 e. The topological polar surface area (TPSA) is 175 Å². The van der Waals surface area contributed by atoms with Gasteiger partial charge in [-0.1, -0.05) is 51.1 Å². The molecule has 14 nitrogen and oxygen atoms in total. The number of methoxy groups -OCH3 is 1. The van der Waals surface area contributed by atoms with Crippen molar-refractivity contribution in [2.24, 2.45) is 11.8 Å². The van der Waals surface area contributed by atoms with Gasteiger partial charge in [0.15, 0.2) is 29.3 Å². The second-order valence-corrected chi connectivity index (χ2v) is 10.7. The molecule has 1 saturated heterocycles. The Kier molecular flexibility index (Phi) is 13.7. The van der Waals surface area contributed by atoms with E-state index < -0.39 is 73.3 Å². The molecule has 14 heteroatoms. The number of nitrogens with zero attached hydrogens (tertiary/aromatic N) is 1. The SMILES string of the molecule is CCCOCC(=O)OCOc1c(OC)ccnc1C(=O)NC1COC(=O)C(Cc2ccccc2)C(OC(=O)C(C)C)C(C)OC1=O. The van der Waals surface area contributed by atoms with Crippen LogP contribution in [0.3, 0.4) is 0 Å². The number of pyridine rings is 1. The second-order valence-electron chi connectivity index (χ2n) is 10.7. The molecule has 0 bridgehead atoms. The normalized spacial score (nSPS) is 19.9. The molecule has 3 rings (SSSR count). The van der Waals surface area contributed by atoms with Gasteiger partial charge in [-0.2, -0.15) is 0 Å². The summed E-state index contributed by atoms with van der Waals surface area (Å²) >= 11 is 0. The number of aromatic nitrogens is 1. The Hall–Kier alpha value is -4.72. The zero-order valence-corrected chi connectivity index (χ0v) is 26.5. The van der Waals surface area contributed by atoms with Gasteiger partial charge in [0.25, 0.3) is 5.91 Å². The van der Waals surface area contributed by atoms with Gasteiger partial charge in [-0.25, -0.2) is 14.6 Å². The van der Waals surface area contributed by atoms with Crippen molar-refractivity contribution in [2.75, 3.05) is 33.7 Å². The summed E-state index contributed by atoms with van der Waals surface area (Å²) in [6, 6.07) is 8.99. The molecule has 0 saturated carbocycles. The average Bonchev–Trinajstić information content (AvgIpc) is 3.07. The monoisotopic (exact) mass is 644 g/mol. The van der Waals surface area contributed by atoms with Crippen LogP contribution in [-0.4, -0.2) is 86.7 Å². The van der Waals surface area contributed by atoms with Gasteiger partial charge in [-0.15, -0.1) is 0 Å². The maximum absolute atomic E-state index is 13.4. The summed E-state index contributed by atoms with van der Waals surface area (Å²) in [7, 11) is 1.33. The summed E-state index contributed by atoms with van der Waals surface area (Å²) in [6.45, 7) is 5.60. The van der Waals surface area contributed by atoms with Gasteiger partial charge in [0, 0.05) is 18.9 Å². The van der Waals surface area contributed by atoms with Crippen LogP contribution in [0, 0.1) is 11.8 Å². The first kappa shape index (κ1) is 35.8. The Morgan fingerprint density at radius 3 is 2.50 bits per heavy atom. The van der Waals surface area contributed by atoms with Crippen LogP contribution in [0.15, 0.2) is 42.6 Å². The van der Waals surface area contributed by atoms with Crippen molar-refractivity contribution >= 4 is 29.8 Å². The van der Waals surface area contributed by atoms with E-state index in [2.05, 4.69) is 10.3 Å². The fourth-order valence-corrected chi connectivity index (χ4v) is 4.37. The third-order valence-electron chi connectivity index (χ3n) is 6.76. The van der Waals surface area contributed by atoms with Crippen LogP contribution in [-0.2, 0) is 49.3 Å². The third kappa shape index (κ3) is 10.2. The number of rotatable bonds is 14. The molecular formula is C32H40N2O12. The fraction of sp³-hybridized carbons (Fsp3) is 0.500. The predicted octanol–water partition coefficient (Wildman–Crippen LogP) is 2.41. The zero-order chi connectivity index (χ0) is 33.6. The Balaban J connectivity index is 1.80. The molecule has 1 aliphatic rings. The number of hydrogen-bond donors (Lipinski definition) is 1. The fourth-order valence-electron chi connectivity index (χ4n) is 4.37. The van der Waals surface area contributed by atoms with Crippen molar-refractivity contribution in [1.29, 1.82) is 0 Å². The van der Waals surface area contributed by atoms with Crippen LogP contribution < -0.4 is 14.8 Å². The van der Waals surface area contributed by atoms with E-state index in [1.54, 1.807) is 26.0 Å². The van der Waals surface area contributed by atoms with Crippen molar-refractivity contribution in [3.05, 3.63) is 53.9 Å². The van der Waals surface area contributed by atoms with Gasteiger partial charge >= 0.3 is 23.9 Å². The lowest BCUT2D eigenvalue weighted by atomic mass is 9.91. The van der Waals surface area contributed by atoms with Gasteiger partial charge in [-0.05, 0) is 25.3 Å². The molecule has 46 heavy (non-hydrogen) atoms. The van der Waals surface area contributed by atoms with E-state index in [-0.39, 0.29) is 30.2 Å². The number of nitrogens with one attached hydrogen (secondary N) is 1. The van der Waals surface area contributed by atoms with Gasteiger partial charge < -0.3 is 38.5 Å². The molecule has 4 unspecified atom stereocenters. The molecule has 1 amide bonds. The molecule has 1 fully saturated rings. The third-order valence-corrected chi connectivity index (χ3v) is 6.76. The second kappa shape index (κ2) is 17.7. The highest BCUT2D eigenvalue weighted by Crippen LogP contribution is 2.30. The van der Waals surface area contributed by atoms with Crippen LogP contribution >= 0.6 is 0 Å². The lowest BCUT2D eigenvalue weighted by molar-refractivity contribution is -0.176. The van der Waals surface area contributed by atoms with Crippen molar-refractivity contribution in [1.82, 2.24) is 10.3 Å². The minimum absolute atomic E-state index is 0.0917. The number of esters is 4. The first-order valence-corrected chi connectivity index (χ1v) is 14.9. The molecule has 1 aliphatic heterocycles.